The average Bonchev–Trinajstić information content (AvgIpc) is 2.67. The summed E-state index contributed by atoms with van der Waals surface area (Å²) in [5, 5.41) is 6.88. The summed E-state index contributed by atoms with van der Waals surface area (Å²) < 4.78 is 5.30. The molecule has 0 saturated heterocycles. The zero-order valence-corrected chi connectivity index (χ0v) is 17.0. The first kappa shape index (κ1) is 19.7. The highest BCUT2D eigenvalue weighted by Crippen LogP contribution is 2.22. The standard InChI is InChI=1S/C23H28N4O/c1-23(2,3)27-21-16-20(25-22(26-21)18-10-6-5-7-11-18)24-14-13-17-9-8-12-19(15-17)28-4/h5-12,15-16H,13-14H2,1-4H3,(H2,24,25,26,27). The lowest BCUT2D eigenvalue weighted by molar-refractivity contribution is 0.414. The van der Waals surface area contributed by atoms with E-state index in [0.29, 0.717) is 5.82 Å². The first-order valence-corrected chi connectivity index (χ1v) is 9.52. The van der Waals surface area contributed by atoms with Crippen molar-refractivity contribution in [2.75, 3.05) is 24.3 Å². The molecule has 1 heterocycles. The minimum absolute atomic E-state index is 0.0832. The lowest BCUT2D eigenvalue weighted by Crippen LogP contribution is -2.27. The molecule has 0 saturated carbocycles. The van der Waals surface area contributed by atoms with E-state index < -0.39 is 0 Å². The van der Waals surface area contributed by atoms with Crippen molar-refractivity contribution in [1.82, 2.24) is 9.97 Å². The number of nitrogens with one attached hydrogen (secondary N) is 2. The number of ether oxygens (including phenoxy) is 1. The number of anilines is 2. The molecule has 0 amide bonds. The third kappa shape index (κ3) is 5.71. The van der Waals surface area contributed by atoms with Crippen LogP contribution in [-0.4, -0.2) is 29.2 Å². The minimum atomic E-state index is -0.0832. The summed E-state index contributed by atoms with van der Waals surface area (Å²) >= 11 is 0. The summed E-state index contributed by atoms with van der Waals surface area (Å²) in [7, 11) is 1.69. The minimum Gasteiger partial charge on any atom is -0.497 e. The summed E-state index contributed by atoms with van der Waals surface area (Å²) in [4.78, 5) is 9.41. The molecule has 0 unspecified atom stereocenters. The van der Waals surface area contributed by atoms with Crippen LogP contribution in [0.3, 0.4) is 0 Å². The molecule has 3 rings (SSSR count). The van der Waals surface area contributed by atoms with Crippen molar-refractivity contribution in [1.29, 1.82) is 0 Å². The molecule has 146 valence electrons. The Hall–Kier alpha value is -3.08. The quantitative estimate of drug-likeness (QED) is 0.606. The fraction of sp³-hybridized carbons (Fsp3) is 0.304. The van der Waals surface area contributed by atoms with Crippen LogP contribution in [0.15, 0.2) is 60.7 Å². The Balaban J connectivity index is 1.77. The third-order valence-electron chi connectivity index (χ3n) is 4.12. The summed E-state index contributed by atoms with van der Waals surface area (Å²) in [6, 6.07) is 20.1. The first-order valence-electron chi connectivity index (χ1n) is 9.52. The monoisotopic (exact) mass is 376 g/mol. The van der Waals surface area contributed by atoms with E-state index in [-0.39, 0.29) is 5.54 Å². The SMILES string of the molecule is COc1cccc(CCNc2cc(NC(C)(C)C)nc(-c3ccccc3)n2)c1. The maximum atomic E-state index is 5.30. The molecule has 0 aliphatic rings. The molecule has 0 bridgehead atoms. The molecule has 28 heavy (non-hydrogen) atoms. The van der Waals surface area contributed by atoms with Gasteiger partial charge in [0.1, 0.15) is 17.4 Å². The molecular weight excluding hydrogens is 348 g/mol. The second-order valence-electron chi connectivity index (χ2n) is 7.73. The van der Waals surface area contributed by atoms with E-state index in [2.05, 4.69) is 43.5 Å². The Morgan fingerprint density at radius 2 is 1.64 bits per heavy atom. The van der Waals surface area contributed by atoms with Gasteiger partial charge in [0, 0.05) is 23.7 Å². The Morgan fingerprint density at radius 3 is 2.36 bits per heavy atom. The smallest absolute Gasteiger partial charge is 0.163 e. The summed E-state index contributed by atoms with van der Waals surface area (Å²) in [6.45, 7) is 7.13. The van der Waals surface area contributed by atoms with Crippen LogP contribution in [0.25, 0.3) is 11.4 Å². The lowest BCUT2D eigenvalue weighted by Gasteiger charge is -2.22. The molecule has 2 aromatic carbocycles. The highest BCUT2D eigenvalue weighted by atomic mass is 16.5. The van der Waals surface area contributed by atoms with Crippen LogP contribution in [0, 0.1) is 0 Å². The Kier molecular flexibility index (Phi) is 6.14. The van der Waals surface area contributed by atoms with Gasteiger partial charge in [0.15, 0.2) is 5.82 Å². The van der Waals surface area contributed by atoms with Gasteiger partial charge in [-0.15, -0.1) is 0 Å². The molecule has 2 N–H and O–H groups in total. The van der Waals surface area contributed by atoms with Crippen molar-refractivity contribution in [3.8, 4) is 17.1 Å². The van der Waals surface area contributed by atoms with Crippen LogP contribution in [0.4, 0.5) is 11.6 Å². The number of benzene rings is 2. The maximum Gasteiger partial charge on any atom is 0.163 e. The number of methoxy groups -OCH3 is 1. The number of hydrogen-bond acceptors (Lipinski definition) is 5. The van der Waals surface area contributed by atoms with Crippen molar-refractivity contribution >= 4 is 11.6 Å². The molecule has 0 radical (unpaired) electrons. The van der Waals surface area contributed by atoms with Crippen molar-refractivity contribution in [2.24, 2.45) is 0 Å². The van der Waals surface area contributed by atoms with Gasteiger partial charge in [0.05, 0.1) is 7.11 Å². The third-order valence-corrected chi connectivity index (χ3v) is 4.12. The van der Waals surface area contributed by atoms with Crippen molar-refractivity contribution in [2.45, 2.75) is 32.7 Å². The second kappa shape index (κ2) is 8.74. The van der Waals surface area contributed by atoms with Gasteiger partial charge in [-0.05, 0) is 44.9 Å². The number of nitrogens with zero attached hydrogens (tertiary/aromatic N) is 2. The van der Waals surface area contributed by atoms with Crippen LogP contribution in [0.5, 0.6) is 5.75 Å². The van der Waals surface area contributed by atoms with E-state index >= 15 is 0 Å². The van der Waals surface area contributed by atoms with E-state index in [4.69, 9.17) is 14.7 Å². The molecule has 0 aliphatic heterocycles. The second-order valence-corrected chi connectivity index (χ2v) is 7.73. The molecule has 0 spiro atoms. The van der Waals surface area contributed by atoms with Gasteiger partial charge in [-0.25, -0.2) is 9.97 Å². The van der Waals surface area contributed by atoms with E-state index in [9.17, 15) is 0 Å². The number of aromatic nitrogens is 2. The van der Waals surface area contributed by atoms with Crippen LogP contribution in [0.1, 0.15) is 26.3 Å². The normalized spacial score (nSPS) is 11.1. The zero-order chi connectivity index (χ0) is 20.0. The van der Waals surface area contributed by atoms with E-state index in [1.165, 1.54) is 5.56 Å². The van der Waals surface area contributed by atoms with Gasteiger partial charge in [-0.1, -0.05) is 42.5 Å². The van der Waals surface area contributed by atoms with Crippen LogP contribution in [0.2, 0.25) is 0 Å². The van der Waals surface area contributed by atoms with Crippen LogP contribution >= 0.6 is 0 Å². The maximum absolute atomic E-state index is 5.30. The average molecular weight is 377 g/mol. The van der Waals surface area contributed by atoms with Crippen molar-refractivity contribution in [3.63, 3.8) is 0 Å². The topological polar surface area (TPSA) is 59.1 Å². The molecule has 0 aliphatic carbocycles. The molecule has 3 aromatic rings. The predicted octanol–water partition coefficient (Wildman–Crippen LogP) is 5.02. The molecule has 0 atom stereocenters. The zero-order valence-electron chi connectivity index (χ0n) is 17.0. The van der Waals surface area contributed by atoms with Gasteiger partial charge in [-0.3, -0.25) is 0 Å². The predicted molar refractivity (Wildman–Crippen MR) is 116 cm³/mol. The van der Waals surface area contributed by atoms with Gasteiger partial charge in [-0.2, -0.15) is 0 Å². The molecular formula is C23H28N4O. The molecule has 1 aromatic heterocycles. The van der Waals surface area contributed by atoms with Crippen molar-refractivity contribution in [3.05, 3.63) is 66.2 Å². The van der Waals surface area contributed by atoms with E-state index in [1.807, 2.05) is 48.5 Å². The van der Waals surface area contributed by atoms with Crippen LogP contribution in [-0.2, 0) is 6.42 Å². The Labute approximate surface area is 167 Å². The molecule has 5 nitrogen and oxygen atoms in total. The first-order chi connectivity index (χ1) is 13.4. The van der Waals surface area contributed by atoms with Gasteiger partial charge in [0.2, 0.25) is 0 Å². The molecule has 0 fully saturated rings. The Morgan fingerprint density at radius 1 is 0.893 bits per heavy atom. The summed E-state index contributed by atoms with van der Waals surface area (Å²) in [5.41, 5.74) is 2.13. The van der Waals surface area contributed by atoms with Crippen LogP contribution < -0.4 is 15.4 Å². The summed E-state index contributed by atoms with van der Waals surface area (Å²) in [6.07, 6.45) is 0.879. The largest absolute Gasteiger partial charge is 0.497 e. The fourth-order valence-corrected chi connectivity index (χ4v) is 2.87. The van der Waals surface area contributed by atoms with E-state index in [0.717, 1.165) is 35.9 Å². The number of rotatable bonds is 7. The highest BCUT2D eigenvalue weighted by molar-refractivity contribution is 5.61. The van der Waals surface area contributed by atoms with Gasteiger partial charge < -0.3 is 15.4 Å². The van der Waals surface area contributed by atoms with Crippen molar-refractivity contribution < 1.29 is 4.74 Å². The molecule has 5 heteroatoms. The van der Waals surface area contributed by atoms with Gasteiger partial charge in [0.25, 0.3) is 0 Å². The lowest BCUT2D eigenvalue weighted by atomic mass is 10.1. The summed E-state index contributed by atoms with van der Waals surface area (Å²) in [5.74, 6) is 3.20. The van der Waals surface area contributed by atoms with E-state index in [1.54, 1.807) is 7.11 Å². The van der Waals surface area contributed by atoms with Gasteiger partial charge >= 0.3 is 0 Å². The number of hydrogen-bond donors (Lipinski definition) is 2. The fourth-order valence-electron chi connectivity index (χ4n) is 2.87. The highest BCUT2D eigenvalue weighted by Gasteiger charge is 2.13. The Bertz CT molecular complexity index is 904.